The molecule has 3 aromatic rings. The van der Waals surface area contributed by atoms with Crippen molar-refractivity contribution in [1.82, 2.24) is 14.6 Å². The van der Waals surface area contributed by atoms with Crippen molar-refractivity contribution < 1.29 is 14.3 Å². The zero-order chi connectivity index (χ0) is 24.9. The molecule has 2 aliphatic rings. The third-order valence-corrected chi connectivity index (χ3v) is 7.51. The lowest BCUT2D eigenvalue weighted by atomic mass is 9.99. The molecule has 7 nitrogen and oxygen atoms in total. The Morgan fingerprint density at radius 1 is 1.14 bits per heavy atom. The van der Waals surface area contributed by atoms with Crippen LogP contribution in [0.15, 0.2) is 34.8 Å². The molecule has 5 rings (SSSR count). The standard InChI is InChI=1S/C27H33BrN4O3/c1-16-23(24(26(33)34-5)35-27(2,3)4)25(31-19-10-7-11-20(31)13-12-19)32-22(29-16)15-21(30-32)17-8-6-9-18(28)14-17/h6,8-9,14-15,19-20,24H,7,10-13H2,1-5H3/t19?,20?,24-/m0/s1. The van der Waals surface area contributed by atoms with Crippen molar-refractivity contribution in [3.8, 4) is 11.3 Å². The molecule has 0 saturated carbocycles. The number of piperidine rings is 1. The average Bonchev–Trinajstić information content (AvgIpc) is 3.32. The molecular formula is C27H33BrN4O3. The summed E-state index contributed by atoms with van der Waals surface area (Å²) in [5.74, 6) is 0.495. The van der Waals surface area contributed by atoms with E-state index >= 15 is 0 Å². The van der Waals surface area contributed by atoms with Crippen molar-refractivity contribution in [2.75, 3.05) is 12.0 Å². The monoisotopic (exact) mass is 540 g/mol. The molecule has 2 saturated heterocycles. The Hall–Kier alpha value is -2.45. The first-order chi connectivity index (χ1) is 16.7. The van der Waals surface area contributed by atoms with E-state index in [4.69, 9.17) is 19.6 Å². The number of hydrogen-bond donors (Lipinski definition) is 0. The predicted octanol–water partition coefficient (Wildman–Crippen LogP) is 6.02. The minimum Gasteiger partial charge on any atom is -0.467 e. The molecule has 8 heteroatoms. The molecule has 2 aromatic heterocycles. The summed E-state index contributed by atoms with van der Waals surface area (Å²) in [7, 11) is 1.41. The zero-order valence-corrected chi connectivity index (χ0v) is 22.6. The van der Waals surface area contributed by atoms with E-state index in [0.717, 1.165) is 64.1 Å². The van der Waals surface area contributed by atoms with E-state index in [1.54, 1.807) is 0 Å². The molecule has 0 aliphatic carbocycles. The van der Waals surface area contributed by atoms with E-state index in [0.29, 0.717) is 12.1 Å². The molecule has 3 atom stereocenters. The highest BCUT2D eigenvalue weighted by Gasteiger charge is 2.42. The molecule has 2 unspecified atom stereocenters. The molecule has 35 heavy (non-hydrogen) atoms. The summed E-state index contributed by atoms with van der Waals surface area (Å²) in [6, 6.07) is 11.0. The first kappa shape index (κ1) is 24.3. The number of aryl methyl sites for hydroxylation is 1. The van der Waals surface area contributed by atoms with Crippen molar-refractivity contribution >= 4 is 33.4 Å². The minimum atomic E-state index is -0.897. The summed E-state index contributed by atoms with van der Waals surface area (Å²) in [6.07, 6.45) is 4.91. The van der Waals surface area contributed by atoms with Crippen LogP contribution in [0.4, 0.5) is 5.82 Å². The van der Waals surface area contributed by atoms with Crippen LogP contribution in [0.3, 0.4) is 0 Å². The van der Waals surface area contributed by atoms with Crippen LogP contribution in [-0.2, 0) is 14.3 Å². The molecule has 0 N–H and O–H groups in total. The third-order valence-electron chi connectivity index (χ3n) is 7.01. The number of hydrogen-bond acceptors (Lipinski definition) is 6. The Labute approximate surface area is 214 Å². The lowest BCUT2D eigenvalue weighted by Gasteiger charge is -2.39. The first-order valence-electron chi connectivity index (χ1n) is 12.4. The molecule has 4 heterocycles. The lowest BCUT2D eigenvalue weighted by molar-refractivity contribution is -0.164. The predicted molar refractivity (Wildman–Crippen MR) is 140 cm³/mol. The Balaban J connectivity index is 1.77. The second-order valence-corrected chi connectivity index (χ2v) is 11.5. The van der Waals surface area contributed by atoms with Gasteiger partial charge in [0, 0.05) is 33.9 Å². The number of carbonyl (C=O) groups is 1. The van der Waals surface area contributed by atoms with Crippen LogP contribution in [0.25, 0.3) is 16.9 Å². The summed E-state index contributed by atoms with van der Waals surface area (Å²) in [4.78, 5) is 20.5. The van der Waals surface area contributed by atoms with Gasteiger partial charge in [-0.1, -0.05) is 28.1 Å². The minimum absolute atomic E-state index is 0.420. The maximum absolute atomic E-state index is 13.1. The Morgan fingerprint density at radius 3 is 2.49 bits per heavy atom. The number of nitrogens with zero attached hydrogens (tertiary/aromatic N) is 4. The fourth-order valence-corrected chi connectivity index (χ4v) is 6.01. The SMILES string of the molecule is COC(=O)[C@@H](OC(C)(C)C)c1c(C)nc2cc(-c3cccc(Br)c3)nn2c1N1C2CCCC1CC2. The Kier molecular flexibility index (Phi) is 6.38. The summed E-state index contributed by atoms with van der Waals surface area (Å²) in [5, 5.41) is 5.05. The van der Waals surface area contributed by atoms with Gasteiger partial charge in [0.25, 0.3) is 0 Å². The number of aromatic nitrogens is 3. The summed E-state index contributed by atoms with van der Waals surface area (Å²) in [6.45, 7) is 7.81. The van der Waals surface area contributed by atoms with E-state index in [2.05, 4.69) is 26.9 Å². The number of esters is 1. The average molecular weight is 541 g/mol. The molecular weight excluding hydrogens is 508 g/mol. The van der Waals surface area contributed by atoms with Gasteiger partial charge in [0.1, 0.15) is 5.82 Å². The van der Waals surface area contributed by atoms with Crippen LogP contribution in [0, 0.1) is 6.92 Å². The van der Waals surface area contributed by atoms with Crippen LogP contribution < -0.4 is 4.90 Å². The van der Waals surface area contributed by atoms with Gasteiger partial charge in [-0.15, -0.1) is 0 Å². The largest absolute Gasteiger partial charge is 0.467 e. The van der Waals surface area contributed by atoms with Crippen molar-refractivity contribution in [2.24, 2.45) is 0 Å². The van der Waals surface area contributed by atoms with Crippen molar-refractivity contribution in [2.45, 2.75) is 83.6 Å². The maximum Gasteiger partial charge on any atom is 0.339 e. The fourth-order valence-electron chi connectivity index (χ4n) is 5.61. The number of benzene rings is 1. The number of anilines is 1. The van der Waals surface area contributed by atoms with E-state index in [-0.39, 0.29) is 0 Å². The van der Waals surface area contributed by atoms with Gasteiger partial charge in [-0.25, -0.2) is 9.78 Å². The van der Waals surface area contributed by atoms with E-state index in [1.807, 2.05) is 56.5 Å². The number of halogens is 1. The van der Waals surface area contributed by atoms with Crippen LogP contribution >= 0.6 is 15.9 Å². The number of rotatable bonds is 5. The molecule has 2 aliphatic heterocycles. The van der Waals surface area contributed by atoms with Crippen LogP contribution in [0.1, 0.15) is 70.2 Å². The third kappa shape index (κ3) is 4.58. The number of carbonyl (C=O) groups excluding carboxylic acids is 1. The Bertz CT molecular complexity index is 1250. The molecule has 0 spiro atoms. The molecule has 0 radical (unpaired) electrons. The summed E-state index contributed by atoms with van der Waals surface area (Å²) >= 11 is 3.57. The summed E-state index contributed by atoms with van der Waals surface area (Å²) < 4.78 is 14.5. The highest BCUT2D eigenvalue weighted by Crippen LogP contribution is 2.44. The summed E-state index contributed by atoms with van der Waals surface area (Å²) in [5.41, 5.74) is 3.57. The molecule has 2 bridgehead atoms. The topological polar surface area (TPSA) is 69.0 Å². The van der Waals surface area contributed by atoms with Crippen molar-refractivity contribution in [3.63, 3.8) is 0 Å². The fraction of sp³-hybridized carbons (Fsp3) is 0.519. The normalized spacial score (nSPS) is 20.9. The number of fused-ring (bicyclic) bond motifs is 3. The first-order valence-corrected chi connectivity index (χ1v) is 13.2. The molecule has 2 fully saturated rings. The van der Waals surface area contributed by atoms with Crippen LogP contribution in [-0.4, -0.2) is 45.4 Å². The number of ether oxygens (including phenoxy) is 2. The van der Waals surface area contributed by atoms with Gasteiger partial charge in [0.2, 0.25) is 0 Å². The molecule has 0 amide bonds. The zero-order valence-electron chi connectivity index (χ0n) is 21.0. The van der Waals surface area contributed by atoms with Crippen LogP contribution in [0.5, 0.6) is 0 Å². The molecule has 186 valence electrons. The van der Waals surface area contributed by atoms with Gasteiger partial charge in [0.05, 0.1) is 24.0 Å². The maximum atomic E-state index is 13.1. The van der Waals surface area contributed by atoms with E-state index in [1.165, 1.54) is 13.5 Å². The quantitative estimate of drug-likeness (QED) is 0.368. The Morgan fingerprint density at radius 2 is 1.86 bits per heavy atom. The van der Waals surface area contributed by atoms with E-state index < -0.39 is 17.7 Å². The smallest absolute Gasteiger partial charge is 0.339 e. The van der Waals surface area contributed by atoms with Gasteiger partial charge in [-0.2, -0.15) is 9.61 Å². The van der Waals surface area contributed by atoms with Crippen molar-refractivity contribution in [1.29, 1.82) is 0 Å². The van der Waals surface area contributed by atoms with Gasteiger partial charge >= 0.3 is 5.97 Å². The second-order valence-electron chi connectivity index (χ2n) is 10.6. The van der Waals surface area contributed by atoms with Gasteiger partial charge < -0.3 is 14.4 Å². The highest BCUT2D eigenvalue weighted by molar-refractivity contribution is 9.10. The van der Waals surface area contributed by atoms with Crippen molar-refractivity contribution in [3.05, 3.63) is 46.1 Å². The van der Waals surface area contributed by atoms with Crippen LogP contribution in [0.2, 0.25) is 0 Å². The lowest BCUT2D eigenvalue weighted by Crippen LogP contribution is -2.42. The van der Waals surface area contributed by atoms with E-state index in [9.17, 15) is 4.79 Å². The van der Waals surface area contributed by atoms with Gasteiger partial charge in [-0.05, 0) is 71.9 Å². The van der Waals surface area contributed by atoms with Gasteiger partial charge in [-0.3, -0.25) is 0 Å². The van der Waals surface area contributed by atoms with Gasteiger partial charge in [0.15, 0.2) is 11.8 Å². The number of methoxy groups -OCH3 is 1. The second kappa shape index (κ2) is 9.21. The molecule has 1 aromatic carbocycles. The highest BCUT2D eigenvalue weighted by atomic mass is 79.9.